The highest BCUT2D eigenvalue weighted by Crippen LogP contribution is 2.05. The molecule has 16 heavy (non-hydrogen) atoms. The van der Waals surface area contributed by atoms with Gasteiger partial charge in [-0.25, -0.2) is 0 Å². The summed E-state index contributed by atoms with van der Waals surface area (Å²) in [6.45, 7) is 6.76. The fraction of sp³-hybridized carbons (Fsp3) is 0.667. The molecule has 4 nitrogen and oxygen atoms in total. The molecule has 0 spiro atoms. The lowest BCUT2D eigenvalue weighted by Gasteiger charge is -2.09. The molecule has 0 aromatic heterocycles. The van der Waals surface area contributed by atoms with Crippen LogP contribution in [0.15, 0.2) is 11.3 Å². The van der Waals surface area contributed by atoms with Crippen LogP contribution < -0.4 is 0 Å². The summed E-state index contributed by atoms with van der Waals surface area (Å²) in [6, 6.07) is 0. The average molecular weight is 227 g/mol. The first-order chi connectivity index (χ1) is 7.63. The van der Waals surface area contributed by atoms with Crippen LogP contribution in [0.2, 0.25) is 0 Å². The van der Waals surface area contributed by atoms with E-state index in [2.05, 4.69) is 6.92 Å². The van der Waals surface area contributed by atoms with Gasteiger partial charge in [0.05, 0.1) is 6.61 Å². The Morgan fingerprint density at radius 1 is 1.25 bits per heavy atom. The number of hydrogen-bond donors (Lipinski definition) is 1. The lowest BCUT2D eigenvalue weighted by Crippen LogP contribution is -2.11. The molecule has 0 fully saturated rings. The number of ketones is 1. The van der Waals surface area contributed by atoms with E-state index in [0.29, 0.717) is 18.8 Å². The molecule has 1 N–H and O–H groups in total. The summed E-state index contributed by atoms with van der Waals surface area (Å²) in [4.78, 5) is 11.2. The van der Waals surface area contributed by atoms with Crippen molar-refractivity contribution in [1.82, 2.24) is 0 Å². The van der Waals surface area contributed by atoms with Gasteiger partial charge < -0.3 is 14.9 Å². The number of carbonyl (C=O) groups excluding carboxylic acids is 1. The van der Waals surface area contributed by atoms with Crippen molar-refractivity contribution in [2.24, 2.45) is 0 Å². The minimum Gasteiger partial charge on any atom is -0.487 e. The molecule has 0 aliphatic carbocycles. The molecule has 0 heterocycles. The van der Waals surface area contributed by atoms with Crippen molar-refractivity contribution in [1.29, 1.82) is 5.41 Å². The Morgan fingerprint density at radius 3 is 2.44 bits per heavy atom. The fourth-order valence-electron chi connectivity index (χ4n) is 1.11. The Balaban J connectivity index is 3.88. The summed E-state index contributed by atoms with van der Waals surface area (Å²) >= 11 is 0. The van der Waals surface area contributed by atoms with Gasteiger partial charge in [-0.05, 0) is 13.3 Å². The van der Waals surface area contributed by atoms with Crippen molar-refractivity contribution >= 4 is 12.0 Å². The van der Waals surface area contributed by atoms with Gasteiger partial charge in [-0.15, -0.1) is 0 Å². The van der Waals surface area contributed by atoms with Crippen LogP contribution in [0.4, 0.5) is 0 Å². The number of rotatable bonds is 9. The van der Waals surface area contributed by atoms with Crippen molar-refractivity contribution in [2.75, 3.05) is 19.8 Å². The third-order valence-electron chi connectivity index (χ3n) is 2.01. The molecule has 0 aliphatic rings. The monoisotopic (exact) mass is 227 g/mol. The van der Waals surface area contributed by atoms with Gasteiger partial charge in [0.2, 0.25) is 0 Å². The van der Waals surface area contributed by atoms with Crippen LogP contribution in [0, 0.1) is 5.41 Å². The van der Waals surface area contributed by atoms with Crippen LogP contribution in [0.1, 0.15) is 33.6 Å². The second-order valence-electron chi connectivity index (χ2n) is 3.53. The Labute approximate surface area is 97.1 Å². The second kappa shape index (κ2) is 9.09. The standard InChI is InChI=1S/C12H21NO3/c1-4-5-6-15-7-8-16-12(11(3)14)10(2)9-13/h9,13H,4-8H2,1-3H3/b12-10+,13-9?. The summed E-state index contributed by atoms with van der Waals surface area (Å²) in [5, 5.41) is 7.06. The average Bonchev–Trinajstić information content (AvgIpc) is 2.26. The molecule has 0 radical (unpaired) electrons. The highest BCUT2D eigenvalue weighted by molar-refractivity contribution is 5.97. The maximum absolute atomic E-state index is 11.2. The van der Waals surface area contributed by atoms with Gasteiger partial charge in [0, 0.05) is 25.3 Å². The predicted molar refractivity (Wildman–Crippen MR) is 63.8 cm³/mol. The van der Waals surface area contributed by atoms with Crippen molar-refractivity contribution < 1.29 is 14.3 Å². The molecule has 0 atom stereocenters. The third kappa shape index (κ3) is 6.35. The largest absolute Gasteiger partial charge is 0.487 e. The predicted octanol–water partition coefficient (Wildman–Crippen LogP) is 2.33. The molecule has 0 bridgehead atoms. The van der Waals surface area contributed by atoms with Gasteiger partial charge in [0.25, 0.3) is 0 Å². The number of Topliss-reactive ketones (excluding diaryl/α,β-unsaturated/α-hetero) is 1. The van der Waals surface area contributed by atoms with Gasteiger partial charge in [-0.1, -0.05) is 13.3 Å². The Morgan fingerprint density at radius 2 is 1.94 bits per heavy atom. The second-order valence-corrected chi connectivity index (χ2v) is 3.53. The molecule has 0 amide bonds. The van der Waals surface area contributed by atoms with E-state index in [1.807, 2.05) is 0 Å². The minimum absolute atomic E-state index is 0.158. The zero-order chi connectivity index (χ0) is 12.4. The smallest absolute Gasteiger partial charge is 0.194 e. The molecule has 0 rings (SSSR count). The fourth-order valence-corrected chi connectivity index (χ4v) is 1.11. The quantitative estimate of drug-likeness (QED) is 0.284. The summed E-state index contributed by atoms with van der Waals surface area (Å²) in [5.74, 6) is 0.101. The summed E-state index contributed by atoms with van der Waals surface area (Å²) in [7, 11) is 0. The van der Waals surface area contributed by atoms with Crippen molar-refractivity contribution in [3.05, 3.63) is 11.3 Å². The van der Waals surface area contributed by atoms with E-state index in [4.69, 9.17) is 14.9 Å². The first-order valence-corrected chi connectivity index (χ1v) is 5.56. The van der Waals surface area contributed by atoms with Gasteiger partial charge in [-0.3, -0.25) is 4.79 Å². The maximum Gasteiger partial charge on any atom is 0.194 e. The molecular weight excluding hydrogens is 206 g/mol. The van der Waals surface area contributed by atoms with Crippen molar-refractivity contribution in [3.8, 4) is 0 Å². The van der Waals surface area contributed by atoms with Gasteiger partial charge in [-0.2, -0.15) is 0 Å². The number of unbranched alkanes of at least 4 members (excludes halogenated alkanes) is 1. The molecule has 92 valence electrons. The summed E-state index contributed by atoms with van der Waals surface area (Å²) in [6.07, 6.45) is 3.26. The third-order valence-corrected chi connectivity index (χ3v) is 2.01. The Bertz CT molecular complexity index is 259. The molecule has 0 saturated carbocycles. The first kappa shape index (κ1) is 14.8. The minimum atomic E-state index is -0.158. The van der Waals surface area contributed by atoms with E-state index in [-0.39, 0.29) is 11.5 Å². The number of carbonyl (C=O) groups is 1. The van der Waals surface area contributed by atoms with Gasteiger partial charge >= 0.3 is 0 Å². The SMILES string of the molecule is CCCCOCCO/C(C(C)=O)=C(\C)C=N. The van der Waals surface area contributed by atoms with E-state index in [0.717, 1.165) is 25.7 Å². The van der Waals surface area contributed by atoms with Crippen LogP contribution in [0.5, 0.6) is 0 Å². The number of nitrogens with one attached hydrogen (secondary N) is 1. The van der Waals surface area contributed by atoms with Crippen LogP contribution in [0.3, 0.4) is 0 Å². The molecule has 4 heteroatoms. The van der Waals surface area contributed by atoms with Gasteiger partial charge in [0.1, 0.15) is 6.61 Å². The topological polar surface area (TPSA) is 59.4 Å². The molecule has 0 aliphatic heterocycles. The highest BCUT2D eigenvalue weighted by Gasteiger charge is 2.08. The summed E-state index contributed by atoms with van der Waals surface area (Å²) in [5.41, 5.74) is 0.543. The normalized spacial score (nSPS) is 11.9. The van der Waals surface area contributed by atoms with Crippen molar-refractivity contribution in [3.63, 3.8) is 0 Å². The van der Waals surface area contributed by atoms with E-state index >= 15 is 0 Å². The molecule has 0 aromatic carbocycles. The molecule has 0 aromatic rings. The zero-order valence-corrected chi connectivity index (χ0v) is 10.3. The first-order valence-electron chi connectivity index (χ1n) is 5.56. The van der Waals surface area contributed by atoms with Crippen LogP contribution >= 0.6 is 0 Å². The number of hydrogen-bond acceptors (Lipinski definition) is 4. The zero-order valence-electron chi connectivity index (χ0n) is 10.3. The van der Waals surface area contributed by atoms with Crippen molar-refractivity contribution in [2.45, 2.75) is 33.6 Å². The number of ether oxygens (including phenoxy) is 2. The van der Waals surface area contributed by atoms with E-state index in [1.54, 1.807) is 6.92 Å². The Hall–Kier alpha value is -1.16. The van der Waals surface area contributed by atoms with E-state index in [9.17, 15) is 4.79 Å². The maximum atomic E-state index is 11.2. The van der Waals surface area contributed by atoms with E-state index < -0.39 is 0 Å². The molecule has 0 unspecified atom stereocenters. The van der Waals surface area contributed by atoms with Crippen LogP contribution in [-0.2, 0) is 14.3 Å². The number of allylic oxidation sites excluding steroid dienone is 2. The highest BCUT2D eigenvalue weighted by atomic mass is 16.5. The summed E-state index contributed by atoms with van der Waals surface area (Å²) < 4.78 is 10.6. The molecule has 0 saturated heterocycles. The Kier molecular flexibility index (Phi) is 8.43. The van der Waals surface area contributed by atoms with Gasteiger partial charge in [0.15, 0.2) is 11.5 Å². The lowest BCUT2D eigenvalue weighted by molar-refractivity contribution is -0.117. The van der Waals surface area contributed by atoms with Crippen LogP contribution in [-0.4, -0.2) is 31.8 Å². The lowest BCUT2D eigenvalue weighted by atomic mass is 10.2. The van der Waals surface area contributed by atoms with Crippen LogP contribution in [0.25, 0.3) is 0 Å². The van der Waals surface area contributed by atoms with E-state index in [1.165, 1.54) is 6.92 Å². The molecular formula is C12H21NO3.